The Hall–Kier alpha value is -4.04. The summed E-state index contributed by atoms with van der Waals surface area (Å²) in [7, 11) is 0. The Bertz CT molecular complexity index is 1290. The van der Waals surface area contributed by atoms with Gasteiger partial charge in [0.05, 0.1) is 18.1 Å². The van der Waals surface area contributed by atoms with Gasteiger partial charge >= 0.3 is 0 Å². The summed E-state index contributed by atoms with van der Waals surface area (Å²) in [4.78, 5) is 15.5. The third-order valence-electron chi connectivity index (χ3n) is 5.80. The molecule has 1 atom stereocenters. The van der Waals surface area contributed by atoms with Crippen LogP contribution < -0.4 is 5.32 Å². The highest BCUT2D eigenvalue weighted by Crippen LogP contribution is 2.37. The molecular weight excluding hydrogens is 384 g/mol. The number of hydrogen-bond donors (Lipinski definition) is 1. The lowest BCUT2D eigenvalue weighted by molar-refractivity contribution is 0.0667. The van der Waals surface area contributed by atoms with Gasteiger partial charge in [-0.1, -0.05) is 60.7 Å². The number of nitrogens with zero attached hydrogens (tertiary/aromatic N) is 3. The monoisotopic (exact) mass is 406 g/mol. The van der Waals surface area contributed by atoms with Gasteiger partial charge in [-0.25, -0.2) is 0 Å². The molecule has 3 aromatic carbocycles. The first-order valence-electron chi connectivity index (χ1n) is 10.4. The molecule has 0 saturated heterocycles. The van der Waals surface area contributed by atoms with Crippen LogP contribution in [0.3, 0.4) is 0 Å². The molecule has 0 radical (unpaired) electrons. The summed E-state index contributed by atoms with van der Waals surface area (Å²) >= 11 is 0. The second-order valence-electron chi connectivity index (χ2n) is 7.71. The maximum Gasteiger partial charge on any atom is 0.258 e. The van der Waals surface area contributed by atoms with Crippen LogP contribution in [0.4, 0.5) is 5.69 Å². The van der Waals surface area contributed by atoms with Gasteiger partial charge in [-0.15, -0.1) is 0 Å². The molecule has 0 aliphatic carbocycles. The molecule has 1 aliphatic rings. The fourth-order valence-electron chi connectivity index (χ4n) is 4.33. The van der Waals surface area contributed by atoms with Crippen molar-refractivity contribution in [3.63, 3.8) is 0 Å². The molecule has 0 unspecified atom stereocenters. The number of aryl methyl sites for hydroxylation is 1. The predicted octanol–water partition coefficient (Wildman–Crippen LogP) is 5.32. The van der Waals surface area contributed by atoms with Crippen molar-refractivity contribution < 1.29 is 4.79 Å². The van der Waals surface area contributed by atoms with Gasteiger partial charge in [0.1, 0.15) is 6.17 Å². The van der Waals surface area contributed by atoms with E-state index in [1.165, 1.54) is 0 Å². The molecule has 1 aromatic heterocycles. The van der Waals surface area contributed by atoms with Gasteiger partial charge in [0.25, 0.3) is 5.91 Å². The Kier molecular flexibility index (Phi) is 4.89. The van der Waals surface area contributed by atoms with Crippen molar-refractivity contribution in [3.8, 4) is 6.07 Å². The lowest BCUT2D eigenvalue weighted by atomic mass is 10.0. The number of anilines is 1. The van der Waals surface area contributed by atoms with Gasteiger partial charge in [0.2, 0.25) is 0 Å². The van der Waals surface area contributed by atoms with Crippen molar-refractivity contribution >= 4 is 22.5 Å². The van der Waals surface area contributed by atoms with E-state index in [1.54, 1.807) is 0 Å². The summed E-state index contributed by atoms with van der Waals surface area (Å²) in [5.74, 6) is 0.0112. The van der Waals surface area contributed by atoms with Crippen molar-refractivity contribution in [1.82, 2.24) is 9.47 Å². The van der Waals surface area contributed by atoms with Crippen molar-refractivity contribution in [2.75, 3.05) is 5.32 Å². The molecule has 0 bridgehead atoms. The second kappa shape index (κ2) is 8.00. The molecule has 1 amide bonds. The molecule has 0 fully saturated rings. The Morgan fingerprint density at radius 1 is 0.935 bits per heavy atom. The summed E-state index contributed by atoms with van der Waals surface area (Å²) in [6, 6.07) is 28.1. The lowest BCUT2D eigenvalue weighted by Crippen LogP contribution is -2.42. The van der Waals surface area contributed by atoms with Gasteiger partial charge in [-0.2, -0.15) is 5.26 Å². The summed E-state index contributed by atoms with van der Waals surface area (Å²) in [5, 5.41) is 13.8. The molecule has 5 heteroatoms. The molecule has 2 heterocycles. The number of fused-ring (bicyclic) bond motifs is 2. The SMILES string of the molecule is N#CCCn1cc([C@H]2Nc3ccccc3C(=O)N2Cc2ccccc2)c2ccccc21. The highest BCUT2D eigenvalue weighted by Gasteiger charge is 2.34. The number of amides is 1. The summed E-state index contributed by atoms with van der Waals surface area (Å²) in [6.07, 6.45) is 2.21. The maximum absolute atomic E-state index is 13.6. The zero-order valence-electron chi connectivity index (χ0n) is 17.0. The molecule has 31 heavy (non-hydrogen) atoms. The average molecular weight is 406 g/mol. The number of carbonyl (C=O) groups is 1. The van der Waals surface area contributed by atoms with Crippen LogP contribution in [-0.4, -0.2) is 15.4 Å². The van der Waals surface area contributed by atoms with Gasteiger partial charge < -0.3 is 14.8 Å². The lowest BCUT2D eigenvalue weighted by Gasteiger charge is -2.38. The van der Waals surface area contributed by atoms with Crippen LogP contribution in [0, 0.1) is 11.3 Å². The van der Waals surface area contributed by atoms with Crippen LogP contribution in [0.1, 0.15) is 34.1 Å². The summed E-state index contributed by atoms with van der Waals surface area (Å²) in [5.41, 5.74) is 4.71. The Morgan fingerprint density at radius 2 is 1.68 bits per heavy atom. The van der Waals surface area contributed by atoms with Crippen molar-refractivity contribution in [3.05, 3.63) is 102 Å². The molecule has 0 spiro atoms. The molecule has 4 aromatic rings. The number of rotatable bonds is 5. The maximum atomic E-state index is 13.6. The van der Waals surface area contributed by atoms with E-state index in [0.717, 1.165) is 27.7 Å². The fraction of sp³-hybridized carbons (Fsp3) is 0.154. The first-order chi connectivity index (χ1) is 15.3. The Balaban J connectivity index is 1.63. The molecule has 1 N–H and O–H groups in total. The summed E-state index contributed by atoms with van der Waals surface area (Å²) < 4.78 is 2.11. The Labute approximate surface area is 181 Å². The molecule has 5 rings (SSSR count). The predicted molar refractivity (Wildman–Crippen MR) is 121 cm³/mol. The highest BCUT2D eigenvalue weighted by molar-refractivity contribution is 6.02. The van der Waals surface area contributed by atoms with Crippen LogP contribution in [-0.2, 0) is 13.1 Å². The first-order valence-corrected chi connectivity index (χ1v) is 10.4. The van der Waals surface area contributed by atoms with Crippen LogP contribution >= 0.6 is 0 Å². The molecule has 0 saturated carbocycles. The number of nitrogens with one attached hydrogen (secondary N) is 1. The third-order valence-corrected chi connectivity index (χ3v) is 5.80. The van der Waals surface area contributed by atoms with Gasteiger partial charge in [0.15, 0.2) is 0 Å². The molecular formula is C26H22N4O. The molecule has 1 aliphatic heterocycles. The van der Waals surface area contributed by atoms with E-state index in [2.05, 4.69) is 34.3 Å². The second-order valence-corrected chi connectivity index (χ2v) is 7.71. The number of para-hydroxylation sites is 2. The normalized spacial score (nSPS) is 15.4. The van der Waals surface area contributed by atoms with Crippen molar-refractivity contribution in [2.24, 2.45) is 0 Å². The van der Waals surface area contributed by atoms with E-state index < -0.39 is 0 Å². The third kappa shape index (κ3) is 3.43. The van der Waals surface area contributed by atoms with E-state index in [-0.39, 0.29) is 12.1 Å². The number of aromatic nitrogens is 1. The van der Waals surface area contributed by atoms with E-state index in [0.29, 0.717) is 25.1 Å². The van der Waals surface area contributed by atoms with Crippen LogP contribution in [0.2, 0.25) is 0 Å². The smallest absolute Gasteiger partial charge is 0.258 e. The van der Waals surface area contributed by atoms with Crippen molar-refractivity contribution in [2.45, 2.75) is 25.7 Å². The van der Waals surface area contributed by atoms with E-state index in [1.807, 2.05) is 71.6 Å². The van der Waals surface area contributed by atoms with E-state index >= 15 is 0 Å². The Morgan fingerprint density at radius 3 is 2.52 bits per heavy atom. The zero-order valence-corrected chi connectivity index (χ0v) is 17.0. The standard InChI is InChI=1S/C26H22N4O/c27-15-8-16-29-18-22(20-11-5-7-14-24(20)29)25-28-23-13-6-4-12-21(23)26(31)30(25)17-19-9-2-1-3-10-19/h1-7,9-14,18,25,28H,8,16-17H2/t25-/m0/s1. The number of carbonyl (C=O) groups excluding carboxylic acids is 1. The minimum absolute atomic E-state index is 0.0112. The average Bonchev–Trinajstić information content (AvgIpc) is 3.18. The highest BCUT2D eigenvalue weighted by atomic mass is 16.2. The van der Waals surface area contributed by atoms with E-state index in [9.17, 15) is 4.79 Å². The zero-order chi connectivity index (χ0) is 21.2. The minimum Gasteiger partial charge on any atom is -0.361 e. The summed E-state index contributed by atoms with van der Waals surface area (Å²) in [6.45, 7) is 1.12. The van der Waals surface area contributed by atoms with Crippen LogP contribution in [0.5, 0.6) is 0 Å². The van der Waals surface area contributed by atoms with Gasteiger partial charge in [-0.05, 0) is 23.8 Å². The van der Waals surface area contributed by atoms with Crippen LogP contribution in [0.25, 0.3) is 10.9 Å². The topological polar surface area (TPSA) is 61.1 Å². The quantitative estimate of drug-likeness (QED) is 0.488. The molecule has 152 valence electrons. The first kappa shape index (κ1) is 19.0. The van der Waals surface area contributed by atoms with Crippen LogP contribution in [0.15, 0.2) is 85.1 Å². The molecule has 5 nitrogen and oxygen atoms in total. The van der Waals surface area contributed by atoms with Gasteiger partial charge in [-0.3, -0.25) is 4.79 Å². The number of nitriles is 1. The van der Waals surface area contributed by atoms with E-state index in [4.69, 9.17) is 5.26 Å². The fourth-order valence-corrected chi connectivity index (χ4v) is 4.33. The minimum atomic E-state index is -0.309. The van der Waals surface area contributed by atoms with Gasteiger partial charge in [0, 0.05) is 41.4 Å². The number of benzene rings is 3. The van der Waals surface area contributed by atoms with Crippen molar-refractivity contribution in [1.29, 1.82) is 5.26 Å². The number of hydrogen-bond acceptors (Lipinski definition) is 3. The largest absolute Gasteiger partial charge is 0.361 e.